The molecule has 0 saturated heterocycles. The van der Waals surface area contributed by atoms with Gasteiger partial charge in [0.05, 0.1) is 5.94 Å². The van der Waals surface area contributed by atoms with Crippen molar-refractivity contribution in [3.63, 3.8) is 0 Å². The molecule has 0 aromatic carbocycles. The lowest BCUT2D eigenvalue weighted by Gasteiger charge is -2.03. The third-order valence-electron chi connectivity index (χ3n) is 0.688. The van der Waals surface area contributed by atoms with Gasteiger partial charge in [-0.25, -0.2) is 0 Å². The van der Waals surface area contributed by atoms with Gasteiger partial charge >= 0.3 is 0 Å². The topological polar surface area (TPSA) is 9.23 Å². The largest absolute Gasteiger partial charge is 0.374 e. The number of rotatable bonds is 4. The van der Waals surface area contributed by atoms with Crippen LogP contribution in [0.4, 0.5) is 0 Å². The van der Waals surface area contributed by atoms with Gasteiger partial charge in [0, 0.05) is 18.2 Å². The summed E-state index contributed by atoms with van der Waals surface area (Å²) in [4.78, 5) is 0. The van der Waals surface area contributed by atoms with E-state index < -0.39 is 0 Å². The van der Waals surface area contributed by atoms with E-state index >= 15 is 0 Å². The second-order valence-electron chi connectivity index (χ2n) is 1.54. The Morgan fingerprint density at radius 3 is 2.75 bits per heavy atom. The summed E-state index contributed by atoms with van der Waals surface area (Å²) in [6.45, 7) is 2.08. The van der Waals surface area contributed by atoms with Crippen molar-refractivity contribution in [2.45, 2.75) is 12.2 Å². The molecule has 0 aromatic rings. The normalized spacial score (nSPS) is 13.9. The van der Waals surface area contributed by atoms with Crippen LogP contribution in [0.15, 0.2) is 0 Å². The molecule has 0 saturated carbocycles. The number of ether oxygens (including phenoxy) is 1. The molecule has 8 heavy (non-hydrogen) atoms. The highest BCUT2D eigenvalue weighted by Gasteiger charge is 1.96. The Kier molecular flexibility index (Phi) is 6.16. The lowest BCUT2D eigenvalue weighted by atomic mass is 10.6. The van der Waals surface area contributed by atoms with Crippen LogP contribution in [0, 0.1) is 0 Å². The lowest BCUT2D eigenvalue weighted by Crippen LogP contribution is -1.98. The van der Waals surface area contributed by atoms with Gasteiger partial charge in [-0.3, -0.25) is 0 Å². The molecular formula is C5H11ClOS. The molecule has 0 fully saturated rings. The average molecular weight is 155 g/mol. The number of alkyl halides is 1. The molecule has 50 valence electrons. The fourth-order valence-corrected chi connectivity index (χ4v) is 0.953. The highest BCUT2D eigenvalue weighted by Crippen LogP contribution is 2.10. The maximum absolute atomic E-state index is 5.51. The van der Waals surface area contributed by atoms with Crippen molar-refractivity contribution in [3.05, 3.63) is 0 Å². The van der Waals surface area contributed by atoms with Crippen molar-refractivity contribution in [1.82, 2.24) is 0 Å². The van der Waals surface area contributed by atoms with Crippen molar-refractivity contribution in [2.24, 2.45) is 0 Å². The molecule has 1 nitrogen and oxygen atoms in total. The minimum atomic E-state index is 0.511. The quantitative estimate of drug-likeness (QED) is 0.452. The van der Waals surface area contributed by atoms with Crippen LogP contribution in [-0.4, -0.2) is 24.2 Å². The van der Waals surface area contributed by atoms with Gasteiger partial charge in [0.15, 0.2) is 0 Å². The van der Waals surface area contributed by atoms with E-state index in [9.17, 15) is 0 Å². The Morgan fingerprint density at radius 2 is 2.38 bits per heavy atom. The molecule has 0 N–H and O–H groups in total. The molecule has 0 rings (SSSR count). The van der Waals surface area contributed by atoms with Crippen molar-refractivity contribution < 1.29 is 4.74 Å². The summed E-state index contributed by atoms with van der Waals surface area (Å²) in [5.74, 6) is 1.45. The summed E-state index contributed by atoms with van der Waals surface area (Å²) in [6, 6.07) is 0. The van der Waals surface area contributed by atoms with E-state index in [4.69, 9.17) is 16.3 Å². The van der Waals surface area contributed by atoms with Gasteiger partial charge in [0.2, 0.25) is 0 Å². The number of methoxy groups -OCH3 is 1. The summed E-state index contributed by atoms with van der Waals surface area (Å²) < 4.78 is 4.82. The monoisotopic (exact) mass is 154 g/mol. The summed E-state index contributed by atoms with van der Waals surface area (Å²) in [6.07, 6.45) is 0. The van der Waals surface area contributed by atoms with Crippen LogP contribution in [0.1, 0.15) is 6.92 Å². The van der Waals surface area contributed by atoms with E-state index in [2.05, 4.69) is 6.92 Å². The maximum Gasteiger partial charge on any atom is 0.0920 e. The van der Waals surface area contributed by atoms with E-state index in [1.165, 1.54) is 0 Å². The molecular weight excluding hydrogens is 144 g/mol. The zero-order chi connectivity index (χ0) is 6.41. The van der Waals surface area contributed by atoms with Gasteiger partial charge in [-0.2, -0.15) is 0 Å². The number of hydrogen-bond donors (Lipinski definition) is 0. The Morgan fingerprint density at radius 1 is 1.75 bits per heavy atom. The van der Waals surface area contributed by atoms with Crippen LogP contribution in [0.25, 0.3) is 0 Å². The van der Waals surface area contributed by atoms with Gasteiger partial charge in [0.1, 0.15) is 0 Å². The number of hydrogen-bond acceptors (Lipinski definition) is 2. The fourth-order valence-electron chi connectivity index (χ4n) is 0.229. The second-order valence-corrected chi connectivity index (χ2v) is 3.22. The van der Waals surface area contributed by atoms with E-state index in [0.29, 0.717) is 11.1 Å². The lowest BCUT2D eigenvalue weighted by molar-refractivity contribution is 0.258. The predicted molar refractivity (Wildman–Crippen MR) is 39.6 cm³/mol. The van der Waals surface area contributed by atoms with Gasteiger partial charge in [-0.15, -0.1) is 23.4 Å². The summed E-state index contributed by atoms with van der Waals surface area (Å²) in [5.41, 5.74) is 0. The van der Waals surface area contributed by atoms with Crippen molar-refractivity contribution >= 4 is 23.4 Å². The average Bonchev–Trinajstić information content (AvgIpc) is 1.83. The standard InChI is InChI=1S/C5H11ClOS/c1-5(3-6)8-4-7-2/h5H,3-4H2,1-2H3. The Hall–Kier alpha value is 0.600. The number of halogens is 1. The molecule has 1 atom stereocenters. The SMILES string of the molecule is COCSC(C)CCl. The fraction of sp³-hybridized carbons (Fsp3) is 1.00. The Balaban J connectivity index is 2.86. The Bertz CT molecular complexity index is 51.7. The molecule has 0 aliphatic heterocycles. The first-order valence-electron chi connectivity index (χ1n) is 2.47. The molecule has 3 heteroatoms. The molecule has 0 aliphatic rings. The van der Waals surface area contributed by atoms with E-state index in [1.54, 1.807) is 18.9 Å². The van der Waals surface area contributed by atoms with Crippen molar-refractivity contribution in [2.75, 3.05) is 18.9 Å². The molecule has 0 amide bonds. The highest BCUT2D eigenvalue weighted by atomic mass is 35.5. The van der Waals surface area contributed by atoms with Crippen LogP contribution >= 0.6 is 23.4 Å². The third-order valence-corrected chi connectivity index (χ3v) is 2.44. The van der Waals surface area contributed by atoms with Crippen LogP contribution in [-0.2, 0) is 4.74 Å². The molecule has 0 radical (unpaired) electrons. The van der Waals surface area contributed by atoms with Gasteiger partial charge in [-0.1, -0.05) is 6.92 Å². The van der Waals surface area contributed by atoms with Crippen LogP contribution in [0.5, 0.6) is 0 Å². The van der Waals surface area contributed by atoms with Gasteiger partial charge in [0.25, 0.3) is 0 Å². The molecule has 1 unspecified atom stereocenters. The highest BCUT2D eigenvalue weighted by molar-refractivity contribution is 7.99. The van der Waals surface area contributed by atoms with Gasteiger partial charge in [-0.05, 0) is 0 Å². The smallest absolute Gasteiger partial charge is 0.0920 e. The summed E-state index contributed by atoms with van der Waals surface area (Å²) in [5, 5.41) is 0.511. The van der Waals surface area contributed by atoms with Crippen molar-refractivity contribution in [3.8, 4) is 0 Å². The van der Waals surface area contributed by atoms with Crippen molar-refractivity contribution in [1.29, 1.82) is 0 Å². The summed E-state index contributed by atoms with van der Waals surface area (Å²) in [7, 11) is 1.69. The minimum absolute atomic E-state index is 0.511. The molecule has 0 bridgehead atoms. The zero-order valence-corrected chi connectivity index (χ0v) is 6.76. The second kappa shape index (κ2) is 5.73. The molecule has 0 heterocycles. The first-order valence-corrected chi connectivity index (χ1v) is 4.06. The molecule has 0 spiro atoms. The molecule has 0 aromatic heterocycles. The zero-order valence-electron chi connectivity index (χ0n) is 5.19. The van der Waals surface area contributed by atoms with Crippen LogP contribution < -0.4 is 0 Å². The Labute approximate surface area is 59.7 Å². The van der Waals surface area contributed by atoms with Gasteiger partial charge < -0.3 is 4.74 Å². The first kappa shape index (κ1) is 8.60. The summed E-state index contributed by atoms with van der Waals surface area (Å²) >= 11 is 7.23. The van der Waals surface area contributed by atoms with Crippen LogP contribution in [0.2, 0.25) is 0 Å². The minimum Gasteiger partial charge on any atom is -0.374 e. The third kappa shape index (κ3) is 4.75. The first-order chi connectivity index (χ1) is 3.81. The van der Waals surface area contributed by atoms with Crippen LogP contribution in [0.3, 0.4) is 0 Å². The number of thioether (sulfide) groups is 1. The molecule has 0 aliphatic carbocycles. The van der Waals surface area contributed by atoms with E-state index in [0.717, 1.165) is 5.94 Å². The predicted octanol–water partition coefficient (Wildman–Crippen LogP) is 1.95. The van der Waals surface area contributed by atoms with E-state index in [1.807, 2.05) is 0 Å². The van der Waals surface area contributed by atoms with E-state index in [-0.39, 0.29) is 0 Å². The maximum atomic E-state index is 5.51.